The highest BCUT2D eigenvalue weighted by Gasteiger charge is 2.25. The highest BCUT2D eigenvalue weighted by atomic mass is 32.2. The standard InChI is InChI=1S/C29H31FN4O5S2/c1-29(2,3)32-27(35)18-11-17(12-20(13-18)33-40-5)21-14-22-24(15-23(21)34-41(6,37)38)39-26(25(22)28(36)31-4)16-7-9-19(30)10-8-16/h7-15,33-34H,1-6H3,(H,31,36)(H,32,35). The van der Waals surface area contributed by atoms with Gasteiger partial charge in [-0.2, -0.15) is 0 Å². The minimum absolute atomic E-state index is 0.186. The molecule has 0 fully saturated rings. The van der Waals surface area contributed by atoms with Gasteiger partial charge in [-0.1, -0.05) is 11.9 Å². The monoisotopic (exact) mass is 598 g/mol. The Morgan fingerprint density at radius 1 is 0.951 bits per heavy atom. The number of hydrogen-bond acceptors (Lipinski definition) is 7. The van der Waals surface area contributed by atoms with Gasteiger partial charge in [-0.05, 0) is 74.9 Å². The fraction of sp³-hybridized carbons (Fsp3) is 0.241. The van der Waals surface area contributed by atoms with Crippen LogP contribution < -0.4 is 20.1 Å². The number of halogens is 1. The van der Waals surface area contributed by atoms with Crippen LogP contribution in [0.5, 0.6) is 0 Å². The van der Waals surface area contributed by atoms with Crippen molar-refractivity contribution in [2.75, 3.05) is 29.0 Å². The minimum Gasteiger partial charge on any atom is -0.455 e. The molecule has 0 unspecified atom stereocenters. The van der Waals surface area contributed by atoms with Crippen molar-refractivity contribution in [2.24, 2.45) is 0 Å². The normalized spacial score (nSPS) is 11.8. The first-order valence-electron chi connectivity index (χ1n) is 12.5. The van der Waals surface area contributed by atoms with Crippen molar-refractivity contribution >= 4 is 56.1 Å². The molecule has 0 atom stereocenters. The van der Waals surface area contributed by atoms with Crippen molar-refractivity contribution in [2.45, 2.75) is 26.3 Å². The van der Waals surface area contributed by atoms with Crippen LogP contribution in [0.4, 0.5) is 15.8 Å². The summed E-state index contributed by atoms with van der Waals surface area (Å²) >= 11 is 1.33. The summed E-state index contributed by atoms with van der Waals surface area (Å²) in [7, 11) is -2.26. The van der Waals surface area contributed by atoms with Crippen LogP contribution in [-0.4, -0.2) is 45.3 Å². The molecule has 0 radical (unpaired) electrons. The minimum atomic E-state index is -3.74. The highest BCUT2D eigenvalue weighted by Crippen LogP contribution is 2.41. The van der Waals surface area contributed by atoms with E-state index in [4.69, 9.17) is 4.42 Å². The zero-order valence-electron chi connectivity index (χ0n) is 23.4. The van der Waals surface area contributed by atoms with Gasteiger partial charge in [-0.15, -0.1) is 0 Å². The second-order valence-electron chi connectivity index (χ2n) is 10.5. The number of rotatable bonds is 8. The number of carbonyl (C=O) groups is 2. The Balaban J connectivity index is 2.03. The third kappa shape index (κ3) is 7.01. The van der Waals surface area contributed by atoms with Gasteiger partial charge in [0.05, 0.1) is 17.5 Å². The van der Waals surface area contributed by atoms with Gasteiger partial charge >= 0.3 is 0 Å². The smallest absolute Gasteiger partial charge is 0.255 e. The topological polar surface area (TPSA) is 130 Å². The van der Waals surface area contributed by atoms with Crippen LogP contribution in [0, 0.1) is 5.82 Å². The number of hydrogen-bond donors (Lipinski definition) is 4. The Kier molecular flexibility index (Phi) is 8.36. The molecular weight excluding hydrogens is 567 g/mol. The van der Waals surface area contributed by atoms with E-state index in [1.165, 1.54) is 49.3 Å². The summed E-state index contributed by atoms with van der Waals surface area (Å²) in [6.45, 7) is 5.61. The average molecular weight is 599 g/mol. The number of benzene rings is 3. The third-order valence-corrected chi connectivity index (χ3v) is 6.93. The maximum Gasteiger partial charge on any atom is 0.255 e. The van der Waals surface area contributed by atoms with Gasteiger partial charge in [0.2, 0.25) is 10.0 Å². The first-order valence-corrected chi connectivity index (χ1v) is 15.6. The van der Waals surface area contributed by atoms with E-state index >= 15 is 0 Å². The molecular formula is C29H31FN4O5S2. The Bertz CT molecular complexity index is 1740. The number of amides is 2. The molecule has 4 rings (SSSR count). The van der Waals surface area contributed by atoms with Gasteiger partial charge < -0.3 is 19.8 Å². The van der Waals surface area contributed by atoms with E-state index < -0.39 is 27.3 Å². The predicted molar refractivity (Wildman–Crippen MR) is 163 cm³/mol. The third-order valence-electron chi connectivity index (χ3n) is 5.90. The van der Waals surface area contributed by atoms with Crippen LogP contribution in [0.25, 0.3) is 33.4 Å². The lowest BCUT2D eigenvalue weighted by Gasteiger charge is -2.21. The Labute approximate surface area is 242 Å². The van der Waals surface area contributed by atoms with Crippen LogP contribution in [-0.2, 0) is 10.0 Å². The number of fused-ring (bicyclic) bond motifs is 1. The molecule has 0 spiro atoms. The highest BCUT2D eigenvalue weighted by molar-refractivity contribution is 7.99. The van der Waals surface area contributed by atoms with Crippen LogP contribution >= 0.6 is 11.9 Å². The lowest BCUT2D eigenvalue weighted by atomic mass is 9.96. The van der Waals surface area contributed by atoms with E-state index in [9.17, 15) is 22.4 Å². The average Bonchev–Trinajstić information content (AvgIpc) is 3.24. The molecule has 0 aliphatic carbocycles. The maximum atomic E-state index is 13.6. The first-order chi connectivity index (χ1) is 19.2. The van der Waals surface area contributed by atoms with E-state index in [2.05, 4.69) is 20.1 Å². The first kappa shape index (κ1) is 29.9. The van der Waals surface area contributed by atoms with Crippen LogP contribution in [0.3, 0.4) is 0 Å². The van der Waals surface area contributed by atoms with Gasteiger partial charge in [0.15, 0.2) is 0 Å². The fourth-order valence-corrected chi connectivity index (χ4v) is 5.25. The molecule has 9 nitrogen and oxygen atoms in total. The van der Waals surface area contributed by atoms with Gasteiger partial charge in [-0.25, -0.2) is 12.8 Å². The van der Waals surface area contributed by atoms with Crippen molar-refractivity contribution < 1.29 is 26.8 Å². The molecule has 4 N–H and O–H groups in total. The number of anilines is 2. The zero-order chi connectivity index (χ0) is 30.1. The lowest BCUT2D eigenvalue weighted by molar-refractivity contribution is 0.0918. The van der Waals surface area contributed by atoms with E-state index in [0.29, 0.717) is 33.3 Å². The molecule has 2 amide bonds. The number of sulfonamides is 1. The van der Waals surface area contributed by atoms with E-state index in [1.807, 2.05) is 27.0 Å². The summed E-state index contributed by atoms with van der Waals surface area (Å²) in [6, 6.07) is 13.8. The van der Waals surface area contributed by atoms with Crippen LogP contribution in [0.2, 0.25) is 0 Å². The molecule has 1 aromatic heterocycles. The van der Waals surface area contributed by atoms with Gasteiger partial charge in [0.25, 0.3) is 11.8 Å². The molecule has 41 heavy (non-hydrogen) atoms. The summed E-state index contributed by atoms with van der Waals surface area (Å²) < 4.78 is 50.1. The quantitative estimate of drug-likeness (QED) is 0.187. The molecule has 0 saturated carbocycles. The largest absolute Gasteiger partial charge is 0.455 e. The van der Waals surface area contributed by atoms with Gasteiger partial charge in [-0.3, -0.25) is 14.3 Å². The summed E-state index contributed by atoms with van der Waals surface area (Å²) in [4.78, 5) is 26.2. The Morgan fingerprint density at radius 2 is 1.63 bits per heavy atom. The van der Waals surface area contributed by atoms with Gasteiger partial charge in [0.1, 0.15) is 17.2 Å². The van der Waals surface area contributed by atoms with Crippen molar-refractivity contribution in [1.29, 1.82) is 0 Å². The zero-order valence-corrected chi connectivity index (χ0v) is 25.1. The summed E-state index contributed by atoms with van der Waals surface area (Å²) in [5.74, 6) is -1.00. The second kappa shape index (κ2) is 11.5. The number of furan rings is 1. The maximum absolute atomic E-state index is 13.6. The second-order valence-corrected chi connectivity index (χ2v) is 12.8. The fourth-order valence-electron chi connectivity index (χ4n) is 4.32. The molecule has 0 aliphatic rings. The number of nitrogens with one attached hydrogen (secondary N) is 4. The molecule has 0 bridgehead atoms. The molecule has 3 aromatic carbocycles. The van der Waals surface area contributed by atoms with Crippen molar-refractivity contribution in [3.63, 3.8) is 0 Å². The van der Waals surface area contributed by atoms with Crippen molar-refractivity contribution in [3.8, 4) is 22.5 Å². The Hall–Kier alpha value is -4.03. The summed E-state index contributed by atoms with van der Waals surface area (Å²) in [5, 5.41) is 5.96. The summed E-state index contributed by atoms with van der Waals surface area (Å²) in [5.41, 5.74) is 2.50. The molecule has 0 saturated heterocycles. The summed E-state index contributed by atoms with van der Waals surface area (Å²) in [6.07, 6.45) is 2.86. The number of carbonyl (C=O) groups excluding carboxylic acids is 2. The predicted octanol–water partition coefficient (Wildman–Crippen LogP) is 5.86. The van der Waals surface area contributed by atoms with Crippen LogP contribution in [0.15, 0.2) is 59.0 Å². The molecule has 0 aliphatic heterocycles. The van der Waals surface area contributed by atoms with Crippen molar-refractivity contribution in [1.82, 2.24) is 10.6 Å². The molecule has 12 heteroatoms. The van der Waals surface area contributed by atoms with E-state index in [-0.39, 0.29) is 28.5 Å². The van der Waals surface area contributed by atoms with E-state index in [1.54, 1.807) is 24.3 Å². The van der Waals surface area contributed by atoms with Crippen molar-refractivity contribution in [3.05, 3.63) is 71.5 Å². The Morgan fingerprint density at radius 3 is 2.22 bits per heavy atom. The van der Waals surface area contributed by atoms with E-state index in [0.717, 1.165) is 6.26 Å². The molecule has 216 valence electrons. The van der Waals surface area contributed by atoms with Crippen LogP contribution in [0.1, 0.15) is 41.5 Å². The van der Waals surface area contributed by atoms with Gasteiger partial charge in [0, 0.05) is 52.7 Å². The molecule has 1 heterocycles. The SMILES string of the molecule is CNC(=O)c1c(-c2ccc(F)cc2)oc2cc(NS(C)(=O)=O)c(-c3cc(NSC)cc(C(=O)NC(C)(C)C)c3)cc12. The molecule has 4 aromatic rings. The lowest BCUT2D eigenvalue weighted by Crippen LogP contribution is -2.40.